The molecular weight excluding hydrogens is 442 g/mol. The number of aliphatic hydroxyl groups is 1. The number of hydrogen-bond donors (Lipinski definition) is 3. The molecule has 190 valence electrons. The predicted molar refractivity (Wildman–Crippen MR) is 125 cm³/mol. The predicted octanol–water partition coefficient (Wildman–Crippen LogP) is 0.264. The monoisotopic (exact) mass is 479 g/mol. The summed E-state index contributed by atoms with van der Waals surface area (Å²) in [6.45, 7) is 6.06. The number of nitrogens with one attached hydrogen (secondary N) is 2. The van der Waals surface area contributed by atoms with E-state index in [1.807, 2.05) is 11.8 Å². The number of rotatable bonds is 13. The average molecular weight is 480 g/mol. The summed E-state index contributed by atoms with van der Waals surface area (Å²) in [4.78, 5) is 40.1. The Labute approximate surface area is 200 Å². The summed E-state index contributed by atoms with van der Waals surface area (Å²) in [6, 6.07) is 4.94. The summed E-state index contributed by atoms with van der Waals surface area (Å²) in [5, 5.41) is 15.4. The minimum Gasteiger partial charge on any atom is -0.497 e. The van der Waals surface area contributed by atoms with E-state index in [4.69, 9.17) is 14.2 Å². The SMILES string of the molecule is CCCCOC(=O)[C@H](Cc1ccc(OC)cc1)NC(=O)[C@@H](NC(=O)CN1CCOCC1)[C@@H](C)O. The quantitative estimate of drug-likeness (QED) is 0.272. The first kappa shape index (κ1) is 27.6. The van der Waals surface area contributed by atoms with Gasteiger partial charge in [-0.05, 0) is 31.0 Å². The van der Waals surface area contributed by atoms with Crippen LogP contribution in [0.25, 0.3) is 0 Å². The van der Waals surface area contributed by atoms with Crippen molar-refractivity contribution in [1.29, 1.82) is 0 Å². The van der Waals surface area contributed by atoms with Gasteiger partial charge in [0, 0.05) is 19.5 Å². The molecule has 3 N–H and O–H groups in total. The zero-order valence-corrected chi connectivity index (χ0v) is 20.2. The van der Waals surface area contributed by atoms with Crippen LogP contribution in [0.2, 0.25) is 0 Å². The van der Waals surface area contributed by atoms with E-state index in [1.54, 1.807) is 31.4 Å². The van der Waals surface area contributed by atoms with Crippen molar-refractivity contribution in [3.8, 4) is 5.75 Å². The molecule has 3 atom stereocenters. The van der Waals surface area contributed by atoms with Crippen LogP contribution in [0.3, 0.4) is 0 Å². The molecule has 34 heavy (non-hydrogen) atoms. The largest absolute Gasteiger partial charge is 0.497 e. The highest BCUT2D eigenvalue weighted by Crippen LogP contribution is 2.13. The molecule has 0 aliphatic carbocycles. The molecule has 0 aromatic heterocycles. The van der Waals surface area contributed by atoms with Crippen LogP contribution >= 0.6 is 0 Å². The van der Waals surface area contributed by atoms with Crippen molar-refractivity contribution >= 4 is 17.8 Å². The molecule has 0 unspecified atom stereocenters. The smallest absolute Gasteiger partial charge is 0.328 e. The van der Waals surface area contributed by atoms with E-state index in [-0.39, 0.29) is 25.5 Å². The Hall–Kier alpha value is -2.69. The van der Waals surface area contributed by atoms with Crippen LogP contribution in [0.15, 0.2) is 24.3 Å². The van der Waals surface area contributed by atoms with Gasteiger partial charge in [-0.25, -0.2) is 4.79 Å². The van der Waals surface area contributed by atoms with Crippen molar-refractivity contribution in [3.05, 3.63) is 29.8 Å². The van der Waals surface area contributed by atoms with Crippen molar-refractivity contribution in [2.45, 2.75) is 51.3 Å². The van der Waals surface area contributed by atoms with Crippen LogP contribution in [0.4, 0.5) is 0 Å². The Bertz CT molecular complexity index is 779. The van der Waals surface area contributed by atoms with Gasteiger partial charge in [0.2, 0.25) is 11.8 Å². The third-order valence-corrected chi connectivity index (χ3v) is 5.49. The molecule has 10 heteroatoms. The van der Waals surface area contributed by atoms with E-state index in [9.17, 15) is 19.5 Å². The van der Waals surface area contributed by atoms with Crippen LogP contribution in [-0.2, 0) is 30.3 Å². The molecule has 0 bridgehead atoms. The molecule has 1 aromatic carbocycles. The number of carbonyl (C=O) groups is 3. The van der Waals surface area contributed by atoms with E-state index in [0.29, 0.717) is 38.5 Å². The number of ether oxygens (including phenoxy) is 3. The fraction of sp³-hybridized carbons (Fsp3) is 0.625. The van der Waals surface area contributed by atoms with Crippen molar-refractivity contribution in [2.24, 2.45) is 0 Å². The highest BCUT2D eigenvalue weighted by molar-refractivity contribution is 5.91. The third-order valence-electron chi connectivity index (χ3n) is 5.49. The van der Waals surface area contributed by atoms with E-state index >= 15 is 0 Å². The first-order chi connectivity index (χ1) is 16.3. The lowest BCUT2D eigenvalue weighted by atomic mass is 10.0. The van der Waals surface area contributed by atoms with Crippen molar-refractivity contribution in [2.75, 3.05) is 46.6 Å². The molecule has 1 aliphatic rings. The van der Waals surface area contributed by atoms with Crippen LogP contribution in [0.1, 0.15) is 32.3 Å². The van der Waals surface area contributed by atoms with Crippen LogP contribution < -0.4 is 15.4 Å². The van der Waals surface area contributed by atoms with Gasteiger partial charge in [-0.3, -0.25) is 14.5 Å². The number of esters is 1. The lowest BCUT2D eigenvalue weighted by Crippen LogP contribution is -2.57. The van der Waals surface area contributed by atoms with E-state index < -0.39 is 30.1 Å². The molecule has 1 aromatic rings. The normalized spacial score (nSPS) is 16.7. The van der Waals surface area contributed by atoms with Gasteiger partial charge in [0.15, 0.2) is 0 Å². The van der Waals surface area contributed by atoms with Crippen molar-refractivity contribution < 1.29 is 33.7 Å². The number of benzene rings is 1. The van der Waals surface area contributed by atoms with E-state index in [2.05, 4.69) is 10.6 Å². The highest BCUT2D eigenvalue weighted by atomic mass is 16.5. The Balaban J connectivity index is 2.05. The lowest BCUT2D eigenvalue weighted by Gasteiger charge is -2.28. The summed E-state index contributed by atoms with van der Waals surface area (Å²) >= 11 is 0. The zero-order chi connectivity index (χ0) is 24.9. The molecule has 0 radical (unpaired) electrons. The van der Waals surface area contributed by atoms with Crippen LogP contribution in [-0.4, -0.2) is 92.5 Å². The second kappa shape index (κ2) is 14.5. The van der Waals surface area contributed by atoms with Gasteiger partial charge in [0.1, 0.15) is 17.8 Å². The van der Waals surface area contributed by atoms with Gasteiger partial charge in [-0.15, -0.1) is 0 Å². The number of morpholine rings is 1. The number of amides is 2. The number of hydrogen-bond acceptors (Lipinski definition) is 8. The minimum absolute atomic E-state index is 0.0915. The molecule has 1 heterocycles. The first-order valence-corrected chi connectivity index (χ1v) is 11.7. The Morgan fingerprint density at radius 3 is 2.41 bits per heavy atom. The minimum atomic E-state index is -1.21. The zero-order valence-electron chi connectivity index (χ0n) is 20.2. The van der Waals surface area contributed by atoms with Gasteiger partial charge in [-0.1, -0.05) is 25.5 Å². The van der Waals surface area contributed by atoms with Crippen molar-refractivity contribution in [1.82, 2.24) is 15.5 Å². The van der Waals surface area contributed by atoms with Gasteiger partial charge < -0.3 is 30.0 Å². The molecule has 10 nitrogen and oxygen atoms in total. The molecular formula is C24H37N3O7. The summed E-state index contributed by atoms with van der Waals surface area (Å²) < 4.78 is 15.8. The van der Waals surface area contributed by atoms with Gasteiger partial charge >= 0.3 is 5.97 Å². The first-order valence-electron chi connectivity index (χ1n) is 11.7. The lowest BCUT2D eigenvalue weighted by molar-refractivity contribution is -0.148. The number of carbonyl (C=O) groups excluding carboxylic acids is 3. The Kier molecular flexibility index (Phi) is 11.8. The topological polar surface area (TPSA) is 126 Å². The summed E-state index contributed by atoms with van der Waals surface area (Å²) in [5.74, 6) is -0.940. The molecule has 1 saturated heterocycles. The van der Waals surface area contributed by atoms with E-state index in [1.165, 1.54) is 6.92 Å². The molecule has 2 amide bonds. The summed E-state index contributed by atoms with van der Waals surface area (Å²) in [5.41, 5.74) is 0.795. The summed E-state index contributed by atoms with van der Waals surface area (Å²) in [6.07, 6.45) is 0.603. The fourth-order valence-electron chi connectivity index (χ4n) is 3.46. The standard InChI is InChI=1S/C24H37N3O7/c1-4-5-12-34-24(31)20(15-18-6-8-19(32-3)9-7-18)25-23(30)22(17(2)28)26-21(29)16-27-10-13-33-14-11-27/h6-9,17,20,22,28H,4-5,10-16H2,1-3H3,(H,25,30)(H,26,29)/t17-,20+,22+/m1/s1. The molecule has 1 aliphatic heterocycles. The molecule has 1 fully saturated rings. The van der Waals surface area contributed by atoms with Crippen LogP contribution in [0, 0.1) is 0 Å². The second-order valence-electron chi connectivity index (χ2n) is 8.31. The number of unbranched alkanes of at least 4 members (excludes halogenated alkanes) is 1. The number of nitrogens with zero attached hydrogens (tertiary/aromatic N) is 1. The summed E-state index contributed by atoms with van der Waals surface area (Å²) in [7, 11) is 1.56. The molecule has 0 saturated carbocycles. The maximum atomic E-state index is 13.0. The maximum Gasteiger partial charge on any atom is 0.328 e. The fourth-order valence-corrected chi connectivity index (χ4v) is 3.46. The third kappa shape index (κ3) is 9.28. The van der Waals surface area contributed by atoms with Gasteiger partial charge in [-0.2, -0.15) is 0 Å². The second-order valence-corrected chi connectivity index (χ2v) is 8.31. The van der Waals surface area contributed by atoms with Crippen molar-refractivity contribution in [3.63, 3.8) is 0 Å². The molecule has 0 spiro atoms. The molecule has 2 rings (SSSR count). The average Bonchev–Trinajstić information content (AvgIpc) is 2.83. The highest BCUT2D eigenvalue weighted by Gasteiger charge is 2.31. The maximum absolute atomic E-state index is 13.0. The number of methoxy groups -OCH3 is 1. The Morgan fingerprint density at radius 2 is 1.82 bits per heavy atom. The Morgan fingerprint density at radius 1 is 1.15 bits per heavy atom. The van der Waals surface area contributed by atoms with Gasteiger partial charge in [0.05, 0.1) is 39.6 Å². The van der Waals surface area contributed by atoms with Gasteiger partial charge in [0.25, 0.3) is 0 Å². The van der Waals surface area contributed by atoms with E-state index in [0.717, 1.165) is 12.0 Å². The number of aliphatic hydroxyl groups excluding tert-OH is 1. The van der Waals surface area contributed by atoms with Crippen LogP contribution in [0.5, 0.6) is 5.75 Å².